The number of methoxy groups -OCH3 is 1. The van der Waals surface area contributed by atoms with Crippen molar-refractivity contribution in [1.29, 1.82) is 0 Å². The SMILES string of the molecule is COC(=O)c1ccc2c(c1)CCCCN2Cc1cn(C)nn1. The number of carbonyl (C=O) groups is 1. The summed E-state index contributed by atoms with van der Waals surface area (Å²) in [5.74, 6) is -0.285. The Bertz CT molecular complexity index is 681. The molecule has 3 rings (SSSR count). The van der Waals surface area contributed by atoms with Gasteiger partial charge in [-0.15, -0.1) is 5.10 Å². The molecule has 116 valence electrons. The number of carbonyl (C=O) groups excluding carboxylic acids is 1. The Morgan fingerprint density at radius 2 is 2.23 bits per heavy atom. The minimum Gasteiger partial charge on any atom is -0.465 e. The van der Waals surface area contributed by atoms with Gasteiger partial charge < -0.3 is 9.64 Å². The van der Waals surface area contributed by atoms with E-state index in [9.17, 15) is 4.79 Å². The highest BCUT2D eigenvalue weighted by atomic mass is 16.5. The van der Waals surface area contributed by atoms with Gasteiger partial charge in [0.15, 0.2) is 0 Å². The van der Waals surface area contributed by atoms with Crippen LogP contribution in [-0.4, -0.2) is 34.6 Å². The van der Waals surface area contributed by atoms with Crippen LogP contribution in [-0.2, 0) is 24.8 Å². The van der Waals surface area contributed by atoms with Gasteiger partial charge in [-0.05, 0) is 43.0 Å². The third kappa shape index (κ3) is 2.95. The number of hydrogen-bond donors (Lipinski definition) is 0. The van der Waals surface area contributed by atoms with Gasteiger partial charge in [0.25, 0.3) is 0 Å². The minimum absolute atomic E-state index is 0.285. The van der Waals surface area contributed by atoms with E-state index in [0.29, 0.717) is 5.56 Å². The summed E-state index contributed by atoms with van der Waals surface area (Å²) >= 11 is 0. The standard InChI is InChI=1S/C16H20N4O2/c1-19-10-14(17-18-19)11-20-8-4-3-5-12-9-13(16(21)22-2)6-7-15(12)20/h6-7,9-10H,3-5,8,11H2,1-2H3. The number of rotatable bonds is 3. The lowest BCUT2D eigenvalue weighted by Gasteiger charge is -2.24. The maximum Gasteiger partial charge on any atom is 0.337 e. The van der Waals surface area contributed by atoms with Crippen LogP contribution in [0.15, 0.2) is 24.4 Å². The molecule has 1 aliphatic heterocycles. The fourth-order valence-corrected chi connectivity index (χ4v) is 2.91. The van der Waals surface area contributed by atoms with E-state index in [2.05, 4.69) is 15.2 Å². The highest BCUT2D eigenvalue weighted by molar-refractivity contribution is 5.90. The van der Waals surface area contributed by atoms with Gasteiger partial charge in [0.1, 0.15) is 5.69 Å². The summed E-state index contributed by atoms with van der Waals surface area (Å²) in [7, 11) is 3.28. The monoisotopic (exact) mass is 300 g/mol. The van der Waals surface area contributed by atoms with E-state index < -0.39 is 0 Å². The molecule has 6 heteroatoms. The zero-order valence-corrected chi connectivity index (χ0v) is 13.0. The molecule has 1 aromatic heterocycles. The number of aryl methyl sites for hydroxylation is 2. The fourth-order valence-electron chi connectivity index (χ4n) is 2.91. The van der Waals surface area contributed by atoms with Crippen molar-refractivity contribution in [2.24, 2.45) is 7.05 Å². The van der Waals surface area contributed by atoms with Crippen molar-refractivity contribution in [1.82, 2.24) is 15.0 Å². The van der Waals surface area contributed by atoms with Gasteiger partial charge in [0.2, 0.25) is 0 Å². The lowest BCUT2D eigenvalue weighted by Crippen LogP contribution is -2.24. The molecule has 22 heavy (non-hydrogen) atoms. The summed E-state index contributed by atoms with van der Waals surface area (Å²) in [6.45, 7) is 1.72. The smallest absolute Gasteiger partial charge is 0.337 e. The summed E-state index contributed by atoms with van der Waals surface area (Å²) in [5, 5.41) is 8.16. The Balaban J connectivity index is 1.89. The molecule has 1 aliphatic rings. The number of aromatic nitrogens is 3. The maximum atomic E-state index is 11.7. The van der Waals surface area contributed by atoms with Crippen molar-refractivity contribution < 1.29 is 9.53 Å². The highest BCUT2D eigenvalue weighted by Crippen LogP contribution is 2.28. The quantitative estimate of drug-likeness (QED) is 0.811. The number of esters is 1. The first kappa shape index (κ1) is 14.6. The van der Waals surface area contributed by atoms with Crippen LogP contribution in [0, 0.1) is 0 Å². The van der Waals surface area contributed by atoms with Crippen LogP contribution in [0.1, 0.15) is 34.5 Å². The van der Waals surface area contributed by atoms with Gasteiger partial charge in [-0.3, -0.25) is 4.68 Å². The van der Waals surface area contributed by atoms with Crippen molar-refractivity contribution >= 4 is 11.7 Å². The van der Waals surface area contributed by atoms with Crippen molar-refractivity contribution in [3.05, 3.63) is 41.2 Å². The maximum absolute atomic E-state index is 11.7. The van der Waals surface area contributed by atoms with Crippen LogP contribution >= 0.6 is 0 Å². The van der Waals surface area contributed by atoms with Crippen molar-refractivity contribution in [3.63, 3.8) is 0 Å². The predicted molar refractivity (Wildman–Crippen MR) is 82.8 cm³/mol. The molecule has 1 aromatic carbocycles. The molecule has 0 amide bonds. The molecule has 0 fully saturated rings. The van der Waals surface area contributed by atoms with E-state index in [1.165, 1.54) is 18.4 Å². The van der Waals surface area contributed by atoms with Gasteiger partial charge in [-0.2, -0.15) is 0 Å². The molecule has 2 aromatic rings. The van der Waals surface area contributed by atoms with Crippen LogP contribution in [0.5, 0.6) is 0 Å². The molecule has 2 heterocycles. The van der Waals surface area contributed by atoms with E-state index in [0.717, 1.165) is 38.0 Å². The Labute approximate surface area is 129 Å². The van der Waals surface area contributed by atoms with Crippen LogP contribution in [0.25, 0.3) is 0 Å². The largest absolute Gasteiger partial charge is 0.465 e. The average molecular weight is 300 g/mol. The second-order valence-electron chi connectivity index (χ2n) is 5.60. The number of ether oxygens (including phenoxy) is 1. The number of hydrogen-bond acceptors (Lipinski definition) is 5. The van der Waals surface area contributed by atoms with Gasteiger partial charge in [-0.1, -0.05) is 5.21 Å². The first-order valence-electron chi connectivity index (χ1n) is 7.49. The van der Waals surface area contributed by atoms with Crippen LogP contribution < -0.4 is 4.90 Å². The molecule has 0 unspecified atom stereocenters. The van der Waals surface area contributed by atoms with Gasteiger partial charge in [0, 0.05) is 25.5 Å². The predicted octanol–water partition coefficient (Wildman–Crippen LogP) is 1.94. The molecule has 0 spiro atoms. The lowest BCUT2D eigenvalue weighted by atomic mass is 10.0. The van der Waals surface area contributed by atoms with E-state index in [-0.39, 0.29) is 5.97 Å². The molecule has 0 saturated carbocycles. The Morgan fingerprint density at radius 3 is 2.95 bits per heavy atom. The number of benzene rings is 1. The second-order valence-corrected chi connectivity index (χ2v) is 5.60. The molecule has 0 saturated heterocycles. The fraction of sp³-hybridized carbons (Fsp3) is 0.438. The Hall–Kier alpha value is -2.37. The molecule has 0 N–H and O–H groups in total. The summed E-state index contributed by atoms with van der Waals surface area (Å²) in [6, 6.07) is 5.80. The van der Waals surface area contributed by atoms with Crippen molar-refractivity contribution in [2.45, 2.75) is 25.8 Å². The minimum atomic E-state index is -0.285. The van der Waals surface area contributed by atoms with E-state index in [4.69, 9.17) is 4.74 Å². The molecule has 0 radical (unpaired) electrons. The number of fused-ring (bicyclic) bond motifs is 1. The second kappa shape index (κ2) is 6.17. The van der Waals surface area contributed by atoms with Crippen molar-refractivity contribution in [2.75, 3.05) is 18.6 Å². The van der Waals surface area contributed by atoms with Crippen molar-refractivity contribution in [3.8, 4) is 0 Å². The highest BCUT2D eigenvalue weighted by Gasteiger charge is 2.18. The third-order valence-electron chi connectivity index (χ3n) is 3.97. The molecular formula is C16H20N4O2. The van der Waals surface area contributed by atoms with Gasteiger partial charge >= 0.3 is 5.97 Å². The zero-order chi connectivity index (χ0) is 15.5. The van der Waals surface area contributed by atoms with Crippen LogP contribution in [0.4, 0.5) is 5.69 Å². The van der Waals surface area contributed by atoms with Crippen LogP contribution in [0.3, 0.4) is 0 Å². The summed E-state index contributed by atoms with van der Waals surface area (Å²) in [4.78, 5) is 14.0. The zero-order valence-electron chi connectivity index (χ0n) is 13.0. The lowest BCUT2D eigenvalue weighted by molar-refractivity contribution is 0.0600. The molecule has 0 atom stereocenters. The van der Waals surface area contributed by atoms with E-state index in [1.54, 1.807) is 4.68 Å². The Morgan fingerprint density at radius 1 is 1.36 bits per heavy atom. The first-order valence-corrected chi connectivity index (χ1v) is 7.49. The third-order valence-corrected chi connectivity index (χ3v) is 3.97. The summed E-state index contributed by atoms with van der Waals surface area (Å²) in [6.07, 6.45) is 5.17. The van der Waals surface area contributed by atoms with E-state index >= 15 is 0 Å². The average Bonchev–Trinajstić information content (AvgIpc) is 2.83. The number of nitrogens with zero attached hydrogens (tertiary/aromatic N) is 4. The topological polar surface area (TPSA) is 60.2 Å². The van der Waals surface area contributed by atoms with Gasteiger partial charge in [-0.25, -0.2) is 4.79 Å². The van der Waals surface area contributed by atoms with Crippen LogP contribution in [0.2, 0.25) is 0 Å². The summed E-state index contributed by atoms with van der Waals surface area (Å²) < 4.78 is 6.53. The van der Waals surface area contributed by atoms with Gasteiger partial charge in [0.05, 0.1) is 19.2 Å². The number of anilines is 1. The molecule has 0 bridgehead atoms. The molecular weight excluding hydrogens is 280 g/mol. The first-order chi connectivity index (χ1) is 10.7. The molecule has 6 nitrogen and oxygen atoms in total. The van der Waals surface area contributed by atoms with E-state index in [1.807, 2.05) is 31.4 Å². The Kier molecular flexibility index (Phi) is 4.09. The normalized spacial score (nSPS) is 14.4. The molecule has 0 aliphatic carbocycles. The summed E-state index contributed by atoms with van der Waals surface area (Å²) in [5.41, 5.74) is 3.94.